The standard InChI is InChI=1S/C36H42ClF2N5O9S/c1-34(14-15-34)54(50,51)43-32(47)36-16-19(36)8-6-4-3-5-7-9-22(41-33(48)49)31(46)44-18-35(17-23(44)30(45)42-36)13-12-20-25-21(10-11-24(52-2)26(25)37)40-27(29(38)39)28(20)53-35/h6,8,10-11,19,22-23,29,41H,3-5,7,9,12-18H2,1-2H3,(H,42,45)(H,43,47)(H,48,49)/t19-,22+,23+,35-,36-/m1/s1. The molecule has 1 aromatic heterocycles. The van der Waals surface area contributed by atoms with E-state index in [9.17, 15) is 41.5 Å². The summed E-state index contributed by atoms with van der Waals surface area (Å²) in [5.74, 6) is -2.87. The number of alkyl halides is 2. The molecule has 4 heterocycles. The van der Waals surface area contributed by atoms with Crippen molar-refractivity contribution in [2.45, 2.75) is 112 Å². The van der Waals surface area contributed by atoms with Crippen molar-refractivity contribution in [3.05, 3.63) is 40.6 Å². The van der Waals surface area contributed by atoms with Gasteiger partial charge in [-0.3, -0.25) is 19.1 Å². The number of amides is 4. The number of hydrogen-bond donors (Lipinski definition) is 4. The molecule has 18 heteroatoms. The lowest BCUT2D eigenvalue weighted by molar-refractivity contribution is -0.141. The lowest BCUT2D eigenvalue weighted by Crippen LogP contribution is -2.58. The van der Waals surface area contributed by atoms with Gasteiger partial charge in [-0.05, 0) is 70.4 Å². The molecule has 3 fully saturated rings. The number of aryl methyl sites for hydroxylation is 1. The quantitative estimate of drug-likeness (QED) is 0.302. The molecule has 0 unspecified atom stereocenters. The van der Waals surface area contributed by atoms with Crippen LogP contribution in [0.5, 0.6) is 11.5 Å². The molecule has 0 bridgehead atoms. The van der Waals surface area contributed by atoms with Gasteiger partial charge >= 0.3 is 6.09 Å². The van der Waals surface area contributed by atoms with Gasteiger partial charge in [0.25, 0.3) is 12.3 Å². The highest BCUT2D eigenvalue weighted by Crippen LogP contribution is 2.50. The van der Waals surface area contributed by atoms with Crippen LogP contribution in [0.1, 0.15) is 88.8 Å². The summed E-state index contributed by atoms with van der Waals surface area (Å²) >= 11 is 6.67. The van der Waals surface area contributed by atoms with Gasteiger partial charge in [0.15, 0.2) is 5.75 Å². The normalized spacial score (nSPS) is 29.2. The van der Waals surface area contributed by atoms with Crippen molar-refractivity contribution in [3.8, 4) is 11.5 Å². The number of aromatic nitrogens is 1. The number of sulfonamides is 1. The third kappa shape index (κ3) is 6.71. The van der Waals surface area contributed by atoms with E-state index in [-0.39, 0.29) is 54.9 Å². The average molecular weight is 794 g/mol. The summed E-state index contributed by atoms with van der Waals surface area (Å²) in [6.45, 7) is 1.26. The van der Waals surface area contributed by atoms with Crippen LogP contribution < -0.4 is 24.8 Å². The first-order valence-electron chi connectivity index (χ1n) is 18.1. The monoisotopic (exact) mass is 793 g/mol. The maximum absolute atomic E-state index is 14.6. The molecule has 2 saturated carbocycles. The highest BCUT2D eigenvalue weighted by Gasteiger charge is 2.64. The Morgan fingerprint density at radius 1 is 1.17 bits per heavy atom. The fraction of sp³-hybridized carbons (Fsp3) is 0.583. The first-order valence-corrected chi connectivity index (χ1v) is 19.9. The van der Waals surface area contributed by atoms with E-state index in [0.717, 1.165) is 0 Å². The predicted octanol–water partition coefficient (Wildman–Crippen LogP) is 4.53. The number of nitrogens with one attached hydrogen (secondary N) is 3. The van der Waals surface area contributed by atoms with Gasteiger partial charge in [-0.2, -0.15) is 0 Å². The van der Waals surface area contributed by atoms with Gasteiger partial charge in [-0.25, -0.2) is 27.0 Å². The van der Waals surface area contributed by atoms with Gasteiger partial charge in [0.2, 0.25) is 21.8 Å². The number of ether oxygens (including phenoxy) is 2. The molecule has 54 heavy (non-hydrogen) atoms. The number of carbonyl (C=O) groups excluding carboxylic acids is 3. The Hall–Kier alpha value is -4.25. The lowest BCUT2D eigenvalue weighted by atomic mass is 9.87. The van der Waals surface area contributed by atoms with Crippen LogP contribution in [0.15, 0.2) is 24.3 Å². The zero-order valence-corrected chi connectivity index (χ0v) is 31.3. The van der Waals surface area contributed by atoms with Crippen LogP contribution in [-0.2, 0) is 30.8 Å². The Morgan fingerprint density at radius 3 is 2.61 bits per heavy atom. The molecule has 2 aromatic rings. The number of methoxy groups -OCH3 is 1. The zero-order chi connectivity index (χ0) is 38.8. The number of halogens is 3. The highest BCUT2D eigenvalue weighted by molar-refractivity contribution is 7.91. The van der Waals surface area contributed by atoms with Crippen molar-refractivity contribution in [1.29, 1.82) is 0 Å². The van der Waals surface area contributed by atoms with Crippen molar-refractivity contribution in [2.24, 2.45) is 5.92 Å². The molecular weight excluding hydrogens is 752 g/mol. The Labute approximate surface area is 315 Å². The summed E-state index contributed by atoms with van der Waals surface area (Å²) in [4.78, 5) is 59.8. The first kappa shape index (κ1) is 38.0. The van der Waals surface area contributed by atoms with Gasteiger partial charge in [-0.15, -0.1) is 0 Å². The molecular formula is C36H42ClF2N5O9S. The summed E-state index contributed by atoms with van der Waals surface area (Å²) in [5, 5.41) is 15.3. The van der Waals surface area contributed by atoms with E-state index in [1.165, 1.54) is 31.1 Å². The SMILES string of the molecule is COc1ccc2nc(C(F)F)c3c(c2c1Cl)CC[C@]1(C[C@H]2C(=O)N[C@]4(C(=O)NS(=O)(=O)C5(C)CC5)C[C@H]4C=CCCCCC[C@H](NC(=O)O)C(=O)N2C1)O3. The average Bonchev–Trinajstić information content (AvgIpc) is 4.01. The molecule has 5 aliphatic rings. The minimum absolute atomic E-state index is 0.104. The molecule has 4 N–H and O–H groups in total. The molecule has 3 aliphatic heterocycles. The third-order valence-electron chi connectivity index (χ3n) is 11.6. The van der Waals surface area contributed by atoms with E-state index in [1.807, 2.05) is 6.08 Å². The molecule has 7 rings (SSSR count). The fourth-order valence-electron chi connectivity index (χ4n) is 8.04. The van der Waals surface area contributed by atoms with E-state index in [1.54, 1.807) is 6.08 Å². The number of rotatable bonds is 6. The second-order valence-electron chi connectivity index (χ2n) is 15.3. The largest absolute Gasteiger partial charge is 0.495 e. The Balaban J connectivity index is 1.27. The molecule has 0 radical (unpaired) electrons. The summed E-state index contributed by atoms with van der Waals surface area (Å²) in [5.41, 5.74) is -3.12. The van der Waals surface area contributed by atoms with Crippen molar-refractivity contribution in [1.82, 2.24) is 25.2 Å². The number of benzene rings is 1. The number of allylic oxidation sites excluding steroid dienone is 1. The highest BCUT2D eigenvalue weighted by atomic mass is 35.5. The van der Waals surface area contributed by atoms with E-state index >= 15 is 0 Å². The minimum atomic E-state index is -4.07. The molecule has 14 nitrogen and oxygen atoms in total. The Kier molecular flexibility index (Phi) is 9.72. The second-order valence-corrected chi connectivity index (χ2v) is 17.9. The number of hydrogen-bond acceptors (Lipinski definition) is 9. The summed E-state index contributed by atoms with van der Waals surface area (Å²) in [7, 11) is -2.65. The smallest absolute Gasteiger partial charge is 0.405 e. The van der Waals surface area contributed by atoms with Crippen molar-refractivity contribution >= 4 is 56.3 Å². The lowest BCUT2D eigenvalue weighted by Gasteiger charge is -2.37. The van der Waals surface area contributed by atoms with E-state index in [2.05, 4.69) is 20.3 Å². The van der Waals surface area contributed by atoms with Crippen molar-refractivity contribution in [3.63, 3.8) is 0 Å². The molecule has 1 aromatic carbocycles. The Morgan fingerprint density at radius 2 is 1.93 bits per heavy atom. The maximum atomic E-state index is 14.6. The molecule has 1 saturated heterocycles. The topological polar surface area (TPSA) is 193 Å². The van der Waals surface area contributed by atoms with E-state index < -0.39 is 79.8 Å². The van der Waals surface area contributed by atoms with Crippen LogP contribution in [0, 0.1) is 5.92 Å². The third-order valence-corrected chi connectivity index (χ3v) is 14.2. The molecule has 292 valence electrons. The van der Waals surface area contributed by atoms with Gasteiger partial charge in [0.05, 0.1) is 28.9 Å². The number of carbonyl (C=O) groups is 4. The van der Waals surface area contributed by atoms with Crippen molar-refractivity contribution in [2.75, 3.05) is 13.7 Å². The predicted molar refractivity (Wildman–Crippen MR) is 191 cm³/mol. The molecule has 1 spiro atoms. The van der Waals surface area contributed by atoms with Gasteiger partial charge in [-0.1, -0.05) is 36.6 Å². The fourth-order valence-corrected chi connectivity index (χ4v) is 9.71. The van der Waals surface area contributed by atoms with Gasteiger partial charge in [0.1, 0.15) is 34.7 Å². The molecule has 2 aliphatic carbocycles. The minimum Gasteiger partial charge on any atom is -0.495 e. The van der Waals surface area contributed by atoms with Gasteiger partial charge < -0.3 is 30.1 Å². The van der Waals surface area contributed by atoms with Crippen LogP contribution in [0.25, 0.3) is 10.9 Å². The maximum Gasteiger partial charge on any atom is 0.405 e. The summed E-state index contributed by atoms with van der Waals surface area (Å²) in [6.07, 6.45) is 2.67. The van der Waals surface area contributed by atoms with Crippen LogP contribution >= 0.6 is 11.6 Å². The number of pyridine rings is 1. The summed E-state index contributed by atoms with van der Waals surface area (Å²) < 4.78 is 68.4. The van der Waals surface area contributed by atoms with Crippen LogP contribution in [0.2, 0.25) is 5.02 Å². The van der Waals surface area contributed by atoms with Crippen LogP contribution in [0.4, 0.5) is 13.6 Å². The zero-order valence-electron chi connectivity index (χ0n) is 29.8. The van der Waals surface area contributed by atoms with Gasteiger partial charge in [0, 0.05) is 23.3 Å². The van der Waals surface area contributed by atoms with Crippen molar-refractivity contribution < 1.29 is 51.0 Å². The van der Waals surface area contributed by atoms with Crippen LogP contribution in [-0.4, -0.2) is 88.8 Å². The first-order chi connectivity index (χ1) is 25.5. The second kappa shape index (κ2) is 13.8. The van der Waals surface area contributed by atoms with E-state index in [0.29, 0.717) is 55.2 Å². The van der Waals surface area contributed by atoms with Crippen LogP contribution in [0.3, 0.4) is 0 Å². The number of nitrogens with zero attached hydrogens (tertiary/aromatic N) is 2. The molecule has 5 atom stereocenters. The number of carboxylic acid groups (broad SMARTS) is 1. The Bertz CT molecular complexity index is 2060. The summed E-state index contributed by atoms with van der Waals surface area (Å²) in [6, 6.07) is 0.451. The van der Waals surface area contributed by atoms with E-state index in [4.69, 9.17) is 21.1 Å². The molecule has 4 amide bonds. The number of fused-ring (bicyclic) bond motifs is 5.